The van der Waals surface area contributed by atoms with E-state index in [-0.39, 0.29) is 11.4 Å². The standard InChI is InChI=1S/C12H21N3O3/c1-12(13-2)3-5-14(6-4-12)9-10(16)15-7-8-18-11(15)17/h13H,3-9H2,1-2H3. The van der Waals surface area contributed by atoms with Gasteiger partial charge in [-0.2, -0.15) is 0 Å². The van der Waals surface area contributed by atoms with Crippen LogP contribution in [0, 0.1) is 0 Å². The van der Waals surface area contributed by atoms with Gasteiger partial charge in [0.15, 0.2) is 0 Å². The minimum atomic E-state index is -0.503. The Bertz CT molecular complexity index is 337. The van der Waals surface area contributed by atoms with Crippen molar-refractivity contribution in [3.8, 4) is 0 Å². The summed E-state index contributed by atoms with van der Waals surface area (Å²) in [6.07, 6.45) is 1.53. The first-order chi connectivity index (χ1) is 8.54. The van der Waals surface area contributed by atoms with E-state index in [9.17, 15) is 9.59 Å². The van der Waals surface area contributed by atoms with Crippen LogP contribution in [0.3, 0.4) is 0 Å². The number of piperidine rings is 1. The first-order valence-electron chi connectivity index (χ1n) is 6.42. The van der Waals surface area contributed by atoms with Crippen molar-refractivity contribution in [3.05, 3.63) is 0 Å². The van der Waals surface area contributed by atoms with E-state index in [1.54, 1.807) is 0 Å². The van der Waals surface area contributed by atoms with Crippen molar-refractivity contribution in [2.45, 2.75) is 25.3 Å². The van der Waals surface area contributed by atoms with Gasteiger partial charge in [0.25, 0.3) is 0 Å². The number of carbonyl (C=O) groups is 2. The molecule has 0 atom stereocenters. The molecule has 0 spiro atoms. The zero-order chi connectivity index (χ0) is 13.2. The first-order valence-corrected chi connectivity index (χ1v) is 6.42. The van der Waals surface area contributed by atoms with Crippen LogP contribution in [0.25, 0.3) is 0 Å². The van der Waals surface area contributed by atoms with Gasteiger partial charge in [-0.25, -0.2) is 9.69 Å². The number of cyclic esters (lactones) is 1. The average molecular weight is 255 g/mol. The molecule has 1 N–H and O–H groups in total. The predicted molar refractivity (Wildman–Crippen MR) is 66.2 cm³/mol. The fourth-order valence-electron chi connectivity index (χ4n) is 2.35. The first kappa shape index (κ1) is 13.3. The second-order valence-corrected chi connectivity index (χ2v) is 5.25. The molecule has 2 rings (SSSR count). The highest BCUT2D eigenvalue weighted by molar-refractivity contribution is 5.94. The predicted octanol–water partition coefficient (Wildman–Crippen LogP) is 0.0391. The van der Waals surface area contributed by atoms with Crippen LogP contribution in [-0.4, -0.2) is 67.2 Å². The lowest BCUT2D eigenvalue weighted by atomic mass is 9.90. The third-order valence-electron chi connectivity index (χ3n) is 3.98. The Kier molecular flexibility index (Phi) is 3.87. The van der Waals surface area contributed by atoms with Crippen molar-refractivity contribution in [3.63, 3.8) is 0 Å². The average Bonchev–Trinajstić information content (AvgIpc) is 2.79. The highest BCUT2D eigenvalue weighted by Crippen LogP contribution is 2.21. The minimum Gasteiger partial charge on any atom is -0.447 e. The Balaban J connectivity index is 1.81. The van der Waals surface area contributed by atoms with Crippen LogP contribution in [0.5, 0.6) is 0 Å². The van der Waals surface area contributed by atoms with Crippen molar-refractivity contribution in [2.24, 2.45) is 0 Å². The van der Waals surface area contributed by atoms with E-state index >= 15 is 0 Å². The summed E-state index contributed by atoms with van der Waals surface area (Å²) in [5.74, 6) is -0.148. The van der Waals surface area contributed by atoms with Crippen LogP contribution in [0.4, 0.5) is 4.79 Å². The molecule has 0 aromatic rings. The number of rotatable bonds is 3. The van der Waals surface area contributed by atoms with Gasteiger partial charge < -0.3 is 10.1 Å². The number of ether oxygens (including phenoxy) is 1. The summed E-state index contributed by atoms with van der Waals surface area (Å²) in [6.45, 7) is 4.99. The summed E-state index contributed by atoms with van der Waals surface area (Å²) >= 11 is 0. The Morgan fingerprint density at radius 1 is 1.39 bits per heavy atom. The molecule has 18 heavy (non-hydrogen) atoms. The summed E-state index contributed by atoms with van der Waals surface area (Å²) in [7, 11) is 1.97. The topological polar surface area (TPSA) is 61.9 Å². The third kappa shape index (κ3) is 2.81. The number of nitrogens with zero attached hydrogens (tertiary/aromatic N) is 2. The highest BCUT2D eigenvalue weighted by Gasteiger charge is 2.32. The maximum Gasteiger partial charge on any atom is 0.416 e. The molecule has 0 aromatic carbocycles. The van der Waals surface area contributed by atoms with Gasteiger partial charge in [0.05, 0.1) is 13.1 Å². The Morgan fingerprint density at radius 3 is 2.56 bits per heavy atom. The molecule has 2 aliphatic heterocycles. The maximum atomic E-state index is 11.9. The zero-order valence-electron chi connectivity index (χ0n) is 11.1. The van der Waals surface area contributed by atoms with E-state index < -0.39 is 6.09 Å². The van der Waals surface area contributed by atoms with Gasteiger partial charge in [-0.15, -0.1) is 0 Å². The van der Waals surface area contributed by atoms with Gasteiger partial charge in [0.1, 0.15) is 6.61 Å². The number of imide groups is 1. The van der Waals surface area contributed by atoms with Gasteiger partial charge in [-0.3, -0.25) is 9.69 Å². The number of carbonyl (C=O) groups excluding carboxylic acids is 2. The van der Waals surface area contributed by atoms with Crippen molar-refractivity contribution in [2.75, 3.05) is 39.8 Å². The summed E-state index contributed by atoms with van der Waals surface area (Å²) in [5.41, 5.74) is 0.173. The molecule has 2 amide bonds. The molecular weight excluding hydrogens is 234 g/mol. The van der Waals surface area contributed by atoms with E-state index in [1.807, 2.05) is 7.05 Å². The zero-order valence-corrected chi connectivity index (χ0v) is 11.1. The minimum absolute atomic E-state index is 0.148. The lowest BCUT2D eigenvalue weighted by molar-refractivity contribution is -0.129. The van der Waals surface area contributed by atoms with E-state index in [0.717, 1.165) is 25.9 Å². The van der Waals surface area contributed by atoms with Crippen LogP contribution in [-0.2, 0) is 9.53 Å². The number of hydrogen-bond donors (Lipinski definition) is 1. The van der Waals surface area contributed by atoms with Crippen LogP contribution in [0.15, 0.2) is 0 Å². The number of hydrogen-bond acceptors (Lipinski definition) is 5. The molecule has 0 unspecified atom stereocenters. The van der Waals surface area contributed by atoms with E-state index in [1.165, 1.54) is 4.90 Å². The SMILES string of the molecule is CNC1(C)CCN(CC(=O)N2CCOC2=O)CC1. The number of likely N-dealkylation sites (tertiary alicyclic amines) is 1. The summed E-state index contributed by atoms with van der Waals surface area (Å²) in [4.78, 5) is 26.5. The molecule has 6 heteroatoms. The smallest absolute Gasteiger partial charge is 0.416 e. The van der Waals surface area contributed by atoms with Gasteiger partial charge >= 0.3 is 6.09 Å². The van der Waals surface area contributed by atoms with E-state index in [4.69, 9.17) is 4.74 Å². The lowest BCUT2D eigenvalue weighted by Crippen LogP contribution is -2.52. The van der Waals surface area contributed by atoms with Crippen LogP contribution in [0.2, 0.25) is 0 Å². The molecule has 2 aliphatic rings. The maximum absolute atomic E-state index is 11.9. The van der Waals surface area contributed by atoms with Crippen molar-refractivity contribution in [1.29, 1.82) is 0 Å². The fourth-order valence-corrected chi connectivity index (χ4v) is 2.35. The van der Waals surface area contributed by atoms with Crippen LogP contribution < -0.4 is 5.32 Å². The molecule has 0 bridgehead atoms. The molecule has 2 fully saturated rings. The summed E-state index contributed by atoms with van der Waals surface area (Å²) in [5, 5.41) is 3.32. The van der Waals surface area contributed by atoms with Crippen molar-refractivity contribution in [1.82, 2.24) is 15.1 Å². The quantitative estimate of drug-likeness (QED) is 0.771. The Morgan fingerprint density at radius 2 is 2.06 bits per heavy atom. The molecule has 2 saturated heterocycles. The van der Waals surface area contributed by atoms with Crippen molar-refractivity contribution < 1.29 is 14.3 Å². The molecule has 0 aliphatic carbocycles. The monoisotopic (exact) mass is 255 g/mol. The third-order valence-corrected chi connectivity index (χ3v) is 3.98. The summed E-state index contributed by atoms with van der Waals surface area (Å²) in [6, 6.07) is 0. The molecular formula is C12H21N3O3. The summed E-state index contributed by atoms with van der Waals surface area (Å²) < 4.78 is 4.76. The number of nitrogens with one attached hydrogen (secondary N) is 1. The second-order valence-electron chi connectivity index (χ2n) is 5.25. The molecule has 2 heterocycles. The Labute approximate surface area is 107 Å². The largest absolute Gasteiger partial charge is 0.447 e. The van der Waals surface area contributed by atoms with Gasteiger partial charge in [-0.05, 0) is 26.8 Å². The fraction of sp³-hybridized carbons (Fsp3) is 0.833. The molecule has 0 aromatic heterocycles. The normalized spacial score (nSPS) is 24.1. The van der Waals surface area contributed by atoms with Gasteiger partial charge in [0.2, 0.25) is 5.91 Å². The Hall–Kier alpha value is -1.14. The lowest BCUT2D eigenvalue weighted by Gasteiger charge is -2.39. The van der Waals surface area contributed by atoms with Gasteiger partial charge in [0, 0.05) is 18.6 Å². The molecule has 6 nitrogen and oxygen atoms in total. The number of amides is 2. The molecule has 102 valence electrons. The van der Waals surface area contributed by atoms with E-state index in [0.29, 0.717) is 19.7 Å². The molecule has 0 radical (unpaired) electrons. The van der Waals surface area contributed by atoms with Crippen LogP contribution >= 0.6 is 0 Å². The highest BCUT2D eigenvalue weighted by atomic mass is 16.6. The van der Waals surface area contributed by atoms with Crippen LogP contribution in [0.1, 0.15) is 19.8 Å². The second kappa shape index (κ2) is 5.24. The van der Waals surface area contributed by atoms with E-state index in [2.05, 4.69) is 17.1 Å². The van der Waals surface area contributed by atoms with Crippen molar-refractivity contribution >= 4 is 12.0 Å². The van der Waals surface area contributed by atoms with Gasteiger partial charge in [-0.1, -0.05) is 0 Å². The molecule has 0 saturated carbocycles.